The van der Waals surface area contributed by atoms with E-state index < -0.39 is 0 Å². The van der Waals surface area contributed by atoms with E-state index in [0.717, 1.165) is 88.9 Å². The van der Waals surface area contributed by atoms with Crippen LogP contribution in [0.1, 0.15) is 0 Å². The zero-order valence-corrected chi connectivity index (χ0v) is 30.9. The first-order chi connectivity index (χ1) is 28.2. The maximum Gasteiger partial charge on any atom is 0.160 e. The molecular weight excluding hydrogens is 693 g/mol. The van der Waals surface area contributed by atoms with Gasteiger partial charge in [0.05, 0.1) is 33.6 Å². The van der Waals surface area contributed by atoms with Gasteiger partial charge in [0.1, 0.15) is 0 Å². The van der Waals surface area contributed by atoms with Crippen molar-refractivity contribution in [1.29, 1.82) is 0 Å². The Morgan fingerprint density at radius 2 is 0.860 bits per heavy atom. The molecule has 0 aliphatic carbocycles. The number of benzene rings is 8. The third-order valence-electron chi connectivity index (χ3n) is 11.0. The van der Waals surface area contributed by atoms with Gasteiger partial charge >= 0.3 is 0 Å². The van der Waals surface area contributed by atoms with Crippen LogP contribution in [-0.2, 0) is 0 Å². The van der Waals surface area contributed by atoms with Crippen LogP contribution in [0.5, 0.6) is 0 Å². The van der Waals surface area contributed by atoms with Crippen molar-refractivity contribution in [2.45, 2.75) is 0 Å². The number of pyridine rings is 1. The average Bonchev–Trinajstić information content (AvgIpc) is 3.61. The number of fused-ring (bicyclic) bond motifs is 6. The molecular formula is C53H34N4. The SMILES string of the molecule is c1ccc(-c2cc(-c3cccc(-c4ccc5c(c4)c4cc6nc(-c7ccccc7)c7ccccc7c6cc4n5-c4ccccc4)c3)nc(-c3ccccc3)n2)cc1. The molecule has 0 saturated heterocycles. The molecule has 57 heavy (non-hydrogen) atoms. The summed E-state index contributed by atoms with van der Waals surface area (Å²) < 4.78 is 2.39. The molecule has 266 valence electrons. The fourth-order valence-electron chi connectivity index (χ4n) is 8.24. The van der Waals surface area contributed by atoms with Gasteiger partial charge in [0.2, 0.25) is 0 Å². The molecule has 3 aromatic heterocycles. The van der Waals surface area contributed by atoms with Gasteiger partial charge < -0.3 is 4.57 Å². The van der Waals surface area contributed by atoms with Crippen LogP contribution < -0.4 is 0 Å². The zero-order chi connectivity index (χ0) is 37.7. The van der Waals surface area contributed by atoms with Crippen molar-refractivity contribution in [2.75, 3.05) is 0 Å². The van der Waals surface area contributed by atoms with Gasteiger partial charge in [-0.1, -0.05) is 158 Å². The molecule has 0 saturated carbocycles. The highest BCUT2D eigenvalue weighted by Gasteiger charge is 2.18. The lowest BCUT2D eigenvalue weighted by molar-refractivity contribution is 1.18. The summed E-state index contributed by atoms with van der Waals surface area (Å²) in [6.45, 7) is 0. The normalized spacial score (nSPS) is 11.5. The predicted molar refractivity (Wildman–Crippen MR) is 236 cm³/mol. The summed E-state index contributed by atoms with van der Waals surface area (Å²) in [5, 5.41) is 5.82. The third kappa shape index (κ3) is 5.74. The van der Waals surface area contributed by atoms with E-state index in [4.69, 9.17) is 15.0 Å². The van der Waals surface area contributed by atoms with Crippen LogP contribution in [0.4, 0.5) is 0 Å². The van der Waals surface area contributed by atoms with E-state index in [1.807, 2.05) is 36.4 Å². The lowest BCUT2D eigenvalue weighted by Crippen LogP contribution is -1.96. The smallest absolute Gasteiger partial charge is 0.160 e. The monoisotopic (exact) mass is 726 g/mol. The van der Waals surface area contributed by atoms with Gasteiger partial charge in [0.15, 0.2) is 5.82 Å². The molecule has 4 nitrogen and oxygen atoms in total. The molecule has 4 heteroatoms. The number of rotatable bonds is 6. The lowest BCUT2D eigenvalue weighted by atomic mass is 9.97. The fraction of sp³-hybridized carbons (Fsp3) is 0. The Hall–Kier alpha value is -7.69. The topological polar surface area (TPSA) is 43.6 Å². The molecule has 11 rings (SSSR count). The maximum absolute atomic E-state index is 5.37. The van der Waals surface area contributed by atoms with Gasteiger partial charge in [-0.25, -0.2) is 15.0 Å². The summed E-state index contributed by atoms with van der Waals surface area (Å²) in [6, 6.07) is 72.6. The molecule has 0 aliphatic rings. The van der Waals surface area contributed by atoms with Gasteiger partial charge in [-0.2, -0.15) is 0 Å². The summed E-state index contributed by atoms with van der Waals surface area (Å²) in [6.07, 6.45) is 0. The molecule has 0 spiro atoms. The van der Waals surface area contributed by atoms with E-state index in [1.165, 1.54) is 10.8 Å². The fourth-order valence-corrected chi connectivity index (χ4v) is 8.24. The summed E-state index contributed by atoms with van der Waals surface area (Å²) >= 11 is 0. The van der Waals surface area contributed by atoms with Crippen LogP contribution >= 0.6 is 0 Å². The van der Waals surface area contributed by atoms with E-state index >= 15 is 0 Å². The highest BCUT2D eigenvalue weighted by atomic mass is 15.0. The maximum atomic E-state index is 5.37. The minimum Gasteiger partial charge on any atom is -0.309 e. The van der Waals surface area contributed by atoms with E-state index in [-0.39, 0.29) is 0 Å². The Morgan fingerprint density at radius 3 is 1.60 bits per heavy atom. The van der Waals surface area contributed by atoms with Crippen LogP contribution in [0.3, 0.4) is 0 Å². The standard InChI is InChI=1S/C53H34N4/c1-5-16-35(17-6-1)47-34-48(56-53(55-47)37-20-9-3-10-21-37)40-23-15-22-38(30-40)39-28-29-50-45(31-39)46-32-49-44(33-51(46)57(50)41-24-11-4-12-25-41)42-26-13-14-27-43(42)52(54-49)36-18-7-2-8-19-36/h1-34H. The Bertz CT molecular complexity index is 3210. The average molecular weight is 727 g/mol. The Morgan fingerprint density at radius 1 is 0.298 bits per heavy atom. The first kappa shape index (κ1) is 32.7. The Kier molecular flexibility index (Phi) is 7.78. The molecule has 0 atom stereocenters. The molecule has 11 aromatic rings. The van der Waals surface area contributed by atoms with Crippen molar-refractivity contribution in [3.63, 3.8) is 0 Å². The van der Waals surface area contributed by atoms with Crippen LogP contribution in [0.2, 0.25) is 0 Å². The minimum absolute atomic E-state index is 0.705. The van der Waals surface area contributed by atoms with Gasteiger partial charge in [-0.3, -0.25) is 0 Å². The summed E-state index contributed by atoms with van der Waals surface area (Å²) in [4.78, 5) is 15.5. The summed E-state index contributed by atoms with van der Waals surface area (Å²) in [5.41, 5.74) is 13.6. The summed E-state index contributed by atoms with van der Waals surface area (Å²) in [7, 11) is 0. The van der Waals surface area contributed by atoms with Crippen LogP contribution in [0.25, 0.3) is 105 Å². The first-order valence-electron chi connectivity index (χ1n) is 19.3. The van der Waals surface area contributed by atoms with E-state index in [1.54, 1.807) is 0 Å². The Balaban J connectivity index is 1.11. The van der Waals surface area contributed by atoms with Crippen molar-refractivity contribution in [3.8, 4) is 62.0 Å². The predicted octanol–water partition coefficient (Wildman–Crippen LogP) is 13.6. The molecule has 0 amide bonds. The van der Waals surface area contributed by atoms with Gasteiger partial charge in [0.25, 0.3) is 0 Å². The second kappa shape index (κ2) is 13.6. The van der Waals surface area contributed by atoms with Crippen molar-refractivity contribution in [3.05, 3.63) is 206 Å². The van der Waals surface area contributed by atoms with Gasteiger partial charge in [0, 0.05) is 49.5 Å². The zero-order valence-electron chi connectivity index (χ0n) is 30.9. The molecule has 0 unspecified atom stereocenters. The Labute approximate surface area is 330 Å². The quantitative estimate of drug-likeness (QED) is 0.160. The summed E-state index contributed by atoms with van der Waals surface area (Å²) in [5.74, 6) is 0.705. The molecule has 0 bridgehead atoms. The molecule has 3 heterocycles. The molecule has 0 radical (unpaired) electrons. The van der Waals surface area contributed by atoms with Crippen molar-refractivity contribution in [1.82, 2.24) is 19.5 Å². The van der Waals surface area contributed by atoms with Gasteiger partial charge in [-0.15, -0.1) is 0 Å². The molecule has 0 fully saturated rings. The number of aromatic nitrogens is 4. The third-order valence-corrected chi connectivity index (χ3v) is 11.0. The number of hydrogen-bond acceptors (Lipinski definition) is 3. The van der Waals surface area contributed by atoms with E-state index in [2.05, 4.69) is 174 Å². The lowest BCUT2D eigenvalue weighted by Gasteiger charge is -2.12. The second-order valence-electron chi connectivity index (χ2n) is 14.4. The van der Waals surface area contributed by atoms with Crippen LogP contribution in [0.15, 0.2) is 206 Å². The van der Waals surface area contributed by atoms with Crippen molar-refractivity contribution >= 4 is 43.5 Å². The molecule has 8 aromatic carbocycles. The van der Waals surface area contributed by atoms with E-state index in [9.17, 15) is 0 Å². The number of para-hydroxylation sites is 1. The second-order valence-corrected chi connectivity index (χ2v) is 14.4. The highest BCUT2D eigenvalue weighted by molar-refractivity contribution is 6.19. The minimum atomic E-state index is 0.705. The molecule has 0 N–H and O–H groups in total. The van der Waals surface area contributed by atoms with Gasteiger partial charge in [-0.05, 0) is 65.0 Å². The highest BCUT2D eigenvalue weighted by Crippen LogP contribution is 2.40. The van der Waals surface area contributed by atoms with Crippen LogP contribution in [-0.4, -0.2) is 19.5 Å². The first-order valence-corrected chi connectivity index (χ1v) is 19.3. The van der Waals surface area contributed by atoms with Crippen molar-refractivity contribution < 1.29 is 0 Å². The van der Waals surface area contributed by atoms with E-state index in [0.29, 0.717) is 5.82 Å². The van der Waals surface area contributed by atoms with Crippen molar-refractivity contribution in [2.24, 2.45) is 0 Å². The number of hydrogen-bond donors (Lipinski definition) is 0. The molecule has 0 aliphatic heterocycles. The van der Waals surface area contributed by atoms with Crippen LogP contribution in [0, 0.1) is 0 Å². The largest absolute Gasteiger partial charge is 0.309 e. The number of nitrogens with zero attached hydrogens (tertiary/aromatic N) is 4.